The summed E-state index contributed by atoms with van der Waals surface area (Å²) in [6, 6.07) is 6.36. The van der Waals surface area contributed by atoms with E-state index in [-0.39, 0.29) is 23.1 Å². The van der Waals surface area contributed by atoms with E-state index in [1.165, 1.54) is 28.7 Å². The molecule has 1 aromatic carbocycles. The van der Waals surface area contributed by atoms with E-state index in [1.807, 2.05) is 6.92 Å². The van der Waals surface area contributed by atoms with Crippen LogP contribution in [0.3, 0.4) is 0 Å². The first-order chi connectivity index (χ1) is 9.65. The molecule has 5 nitrogen and oxygen atoms in total. The number of ether oxygens (including phenoxy) is 1. The number of aromatic nitrogens is 3. The predicted molar refractivity (Wildman–Crippen MR) is 71.1 cm³/mol. The maximum absolute atomic E-state index is 13.8. The minimum atomic E-state index is -0.364. The Bertz CT molecular complexity index is 646. The van der Waals surface area contributed by atoms with Crippen molar-refractivity contribution in [2.45, 2.75) is 29.9 Å². The molecule has 0 amide bonds. The number of esters is 1. The molecule has 1 fully saturated rings. The largest absolute Gasteiger partial charge is 0.462 e. The van der Waals surface area contributed by atoms with Gasteiger partial charge >= 0.3 is 5.97 Å². The van der Waals surface area contributed by atoms with Crippen molar-refractivity contribution in [1.29, 1.82) is 0 Å². The number of hydrogen-bond donors (Lipinski definition) is 0. The van der Waals surface area contributed by atoms with Gasteiger partial charge < -0.3 is 4.74 Å². The van der Waals surface area contributed by atoms with E-state index in [0.717, 1.165) is 0 Å². The first kappa shape index (κ1) is 13.1. The Morgan fingerprint density at radius 1 is 1.45 bits per heavy atom. The lowest BCUT2D eigenvalue weighted by Gasteiger charge is -2.08. The molecule has 2 aromatic rings. The lowest BCUT2D eigenvalue weighted by atomic mass is 10.3. The van der Waals surface area contributed by atoms with Gasteiger partial charge in [-0.2, -0.15) is 0 Å². The van der Waals surface area contributed by atoms with E-state index in [4.69, 9.17) is 4.74 Å². The highest BCUT2D eigenvalue weighted by atomic mass is 32.2. The van der Waals surface area contributed by atoms with E-state index in [0.29, 0.717) is 17.3 Å². The Labute approximate surface area is 119 Å². The Morgan fingerprint density at radius 3 is 2.95 bits per heavy atom. The second-order valence-corrected chi connectivity index (χ2v) is 5.69. The molecule has 0 saturated carbocycles. The molecule has 1 aromatic heterocycles. The van der Waals surface area contributed by atoms with Crippen LogP contribution in [-0.4, -0.2) is 32.1 Å². The normalized spacial score (nSPS) is 22.0. The average Bonchev–Trinajstić information content (AvgIpc) is 2.98. The number of rotatable bonds is 3. The van der Waals surface area contributed by atoms with Crippen LogP contribution in [0, 0.1) is 5.82 Å². The van der Waals surface area contributed by atoms with Gasteiger partial charge in [0.2, 0.25) is 0 Å². The van der Waals surface area contributed by atoms with Crippen LogP contribution in [0.2, 0.25) is 0 Å². The van der Waals surface area contributed by atoms with Crippen molar-refractivity contribution in [2.75, 3.05) is 0 Å². The molecule has 1 saturated heterocycles. The maximum atomic E-state index is 13.8. The molecule has 0 bridgehead atoms. The number of thioether (sulfide) groups is 1. The van der Waals surface area contributed by atoms with Gasteiger partial charge in [-0.05, 0) is 19.1 Å². The number of cyclic esters (lactones) is 1. The minimum Gasteiger partial charge on any atom is -0.462 e. The van der Waals surface area contributed by atoms with Crippen LogP contribution in [-0.2, 0) is 9.53 Å². The molecule has 2 atom stereocenters. The van der Waals surface area contributed by atoms with Gasteiger partial charge in [-0.15, -0.1) is 10.2 Å². The molecule has 0 aliphatic carbocycles. The number of nitrogens with zero attached hydrogens (tertiary/aromatic N) is 3. The monoisotopic (exact) mass is 293 g/mol. The summed E-state index contributed by atoms with van der Waals surface area (Å²) in [5.41, 5.74) is 0.361. The first-order valence-corrected chi connectivity index (χ1v) is 7.05. The van der Waals surface area contributed by atoms with Gasteiger partial charge in [-0.25, -0.2) is 4.39 Å². The zero-order chi connectivity index (χ0) is 14.1. The number of carbonyl (C=O) groups is 1. The third-order valence-electron chi connectivity index (χ3n) is 3.00. The fourth-order valence-electron chi connectivity index (χ4n) is 2.06. The molecule has 3 rings (SSSR count). The zero-order valence-electron chi connectivity index (χ0n) is 10.7. The van der Waals surface area contributed by atoms with Crippen LogP contribution in [0.5, 0.6) is 0 Å². The summed E-state index contributed by atoms with van der Waals surface area (Å²) >= 11 is 1.25. The van der Waals surface area contributed by atoms with Gasteiger partial charge in [0.25, 0.3) is 0 Å². The SMILES string of the molecule is C[C@@H]1C[C@H](Sc2nncn2-c2ccccc2F)C(=O)O1. The van der Waals surface area contributed by atoms with Gasteiger partial charge in [-0.3, -0.25) is 9.36 Å². The Kier molecular flexibility index (Phi) is 3.43. The van der Waals surface area contributed by atoms with Crippen LogP contribution in [0.25, 0.3) is 5.69 Å². The first-order valence-electron chi connectivity index (χ1n) is 6.17. The van der Waals surface area contributed by atoms with Crippen molar-refractivity contribution < 1.29 is 13.9 Å². The summed E-state index contributed by atoms with van der Waals surface area (Å²) in [7, 11) is 0. The van der Waals surface area contributed by atoms with Crippen LogP contribution in [0.1, 0.15) is 13.3 Å². The summed E-state index contributed by atoms with van der Waals surface area (Å²) in [6.07, 6.45) is 1.96. The van der Waals surface area contributed by atoms with Gasteiger partial charge in [0.15, 0.2) is 5.16 Å². The van der Waals surface area contributed by atoms with Crippen molar-refractivity contribution in [2.24, 2.45) is 0 Å². The highest BCUT2D eigenvalue weighted by molar-refractivity contribution is 8.00. The molecule has 7 heteroatoms. The molecule has 0 spiro atoms. The molecular weight excluding hydrogens is 281 g/mol. The van der Waals surface area contributed by atoms with Gasteiger partial charge in [-0.1, -0.05) is 23.9 Å². The summed E-state index contributed by atoms with van der Waals surface area (Å²) < 4.78 is 20.4. The lowest BCUT2D eigenvalue weighted by Crippen LogP contribution is -2.11. The molecule has 104 valence electrons. The number of halogens is 1. The van der Waals surface area contributed by atoms with E-state index in [2.05, 4.69) is 10.2 Å². The van der Waals surface area contributed by atoms with E-state index >= 15 is 0 Å². The molecule has 2 heterocycles. The minimum absolute atomic E-state index is 0.0927. The topological polar surface area (TPSA) is 57.0 Å². The van der Waals surface area contributed by atoms with Crippen molar-refractivity contribution in [3.05, 3.63) is 36.4 Å². The van der Waals surface area contributed by atoms with Crippen molar-refractivity contribution in [1.82, 2.24) is 14.8 Å². The van der Waals surface area contributed by atoms with Crippen molar-refractivity contribution in [3.63, 3.8) is 0 Å². The molecule has 0 N–H and O–H groups in total. The fourth-order valence-corrected chi connectivity index (χ4v) is 3.19. The van der Waals surface area contributed by atoms with Gasteiger partial charge in [0.05, 0.1) is 5.69 Å². The standard InChI is InChI=1S/C13H12FN3O2S/c1-8-6-11(12(18)19-8)20-13-16-15-7-17(13)10-5-3-2-4-9(10)14/h2-5,7-8,11H,6H2,1H3/t8-,11+/m1/s1. The fraction of sp³-hybridized carbons (Fsp3) is 0.308. The maximum Gasteiger partial charge on any atom is 0.319 e. The number of benzene rings is 1. The van der Waals surface area contributed by atoms with Gasteiger partial charge in [0, 0.05) is 6.42 Å². The van der Waals surface area contributed by atoms with E-state index < -0.39 is 0 Å². The van der Waals surface area contributed by atoms with Crippen molar-refractivity contribution >= 4 is 17.7 Å². The quantitative estimate of drug-likeness (QED) is 0.812. The molecular formula is C13H12FN3O2S. The lowest BCUT2D eigenvalue weighted by molar-refractivity contribution is -0.140. The zero-order valence-corrected chi connectivity index (χ0v) is 11.5. The summed E-state index contributed by atoms with van der Waals surface area (Å²) in [5, 5.41) is 7.92. The number of hydrogen-bond acceptors (Lipinski definition) is 5. The van der Waals surface area contributed by atoms with E-state index in [1.54, 1.807) is 18.2 Å². The van der Waals surface area contributed by atoms with Crippen LogP contribution in [0.15, 0.2) is 35.7 Å². The Balaban J connectivity index is 1.88. The smallest absolute Gasteiger partial charge is 0.319 e. The third-order valence-corrected chi connectivity index (χ3v) is 4.16. The molecule has 20 heavy (non-hydrogen) atoms. The summed E-state index contributed by atoms with van der Waals surface area (Å²) in [5.74, 6) is -0.623. The van der Waals surface area contributed by atoms with Crippen LogP contribution < -0.4 is 0 Å². The van der Waals surface area contributed by atoms with Crippen molar-refractivity contribution in [3.8, 4) is 5.69 Å². The Morgan fingerprint density at radius 2 is 2.25 bits per heavy atom. The second kappa shape index (κ2) is 5.24. The van der Waals surface area contributed by atoms with Crippen LogP contribution >= 0.6 is 11.8 Å². The number of carbonyl (C=O) groups excluding carboxylic acids is 1. The summed E-state index contributed by atoms with van der Waals surface area (Å²) in [6.45, 7) is 1.85. The third kappa shape index (κ3) is 2.40. The second-order valence-electron chi connectivity index (χ2n) is 4.52. The molecule has 0 radical (unpaired) electrons. The average molecular weight is 293 g/mol. The van der Waals surface area contributed by atoms with E-state index in [9.17, 15) is 9.18 Å². The highest BCUT2D eigenvalue weighted by Crippen LogP contribution is 2.32. The molecule has 0 unspecified atom stereocenters. The molecule has 1 aliphatic rings. The Hall–Kier alpha value is -1.89. The van der Waals surface area contributed by atoms with Crippen LogP contribution in [0.4, 0.5) is 4.39 Å². The highest BCUT2D eigenvalue weighted by Gasteiger charge is 2.34. The van der Waals surface area contributed by atoms with Gasteiger partial charge in [0.1, 0.15) is 23.5 Å². The summed E-state index contributed by atoms with van der Waals surface area (Å²) in [4.78, 5) is 11.7. The number of para-hydroxylation sites is 1. The predicted octanol–water partition coefficient (Wildman–Crippen LogP) is 2.20. The molecule has 1 aliphatic heterocycles.